The zero-order chi connectivity index (χ0) is 14.2. The minimum absolute atomic E-state index is 0.441. The van der Waals surface area contributed by atoms with Crippen LogP contribution in [-0.2, 0) is 6.42 Å². The van der Waals surface area contributed by atoms with Gasteiger partial charge in [-0.2, -0.15) is 0 Å². The molecule has 1 N–H and O–H groups in total. The van der Waals surface area contributed by atoms with Gasteiger partial charge in [0.15, 0.2) is 0 Å². The van der Waals surface area contributed by atoms with Crippen molar-refractivity contribution in [3.8, 4) is 5.75 Å². The number of hydrogen-bond acceptors (Lipinski definition) is 2. The second-order valence-electron chi connectivity index (χ2n) is 7.11. The van der Waals surface area contributed by atoms with Gasteiger partial charge in [-0.15, -0.1) is 0 Å². The van der Waals surface area contributed by atoms with Crippen LogP contribution in [-0.4, -0.2) is 13.2 Å². The van der Waals surface area contributed by atoms with Crippen molar-refractivity contribution in [2.75, 3.05) is 7.11 Å². The molecule has 2 aliphatic carbocycles. The lowest BCUT2D eigenvalue weighted by molar-refractivity contribution is 0.252. The molecule has 2 aliphatic rings. The molecule has 2 unspecified atom stereocenters. The minimum atomic E-state index is 0.441. The first-order valence-corrected chi connectivity index (χ1v) is 8.03. The molecule has 0 aliphatic heterocycles. The number of hydrogen-bond donors (Lipinski definition) is 1. The van der Waals surface area contributed by atoms with E-state index < -0.39 is 0 Å². The lowest BCUT2D eigenvalue weighted by Gasteiger charge is -2.35. The Balaban J connectivity index is 1.82. The van der Waals surface area contributed by atoms with E-state index in [2.05, 4.69) is 37.4 Å². The molecule has 0 bridgehead atoms. The van der Waals surface area contributed by atoms with Crippen molar-refractivity contribution in [1.29, 1.82) is 0 Å². The number of aryl methyl sites for hydroxylation is 1. The molecule has 110 valence electrons. The molecule has 0 aromatic heterocycles. The topological polar surface area (TPSA) is 21.3 Å². The Kier molecular flexibility index (Phi) is 3.76. The van der Waals surface area contributed by atoms with E-state index in [1.54, 1.807) is 7.11 Å². The van der Waals surface area contributed by atoms with Crippen LogP contribution in [0.4, 0.5) is 0 Å². The van der Waals surface area contributed by atoms with Gasteiger partial charge in [-0.1, -0.05) is 26.3 Å². The molecule has 2 atom stereocenters. The number of ether oxygens (including phenoxy) is 1. The van der Waals surface area contributed by atoms with Crippen LogP contribution in [0.2, 0.25) is 0 Å². The van der Waals surface area contributed by atoms with Gasteiger partial charge >= 0.3 is 0 Å². The molecule has 1 aromatic rings. The standard InChI is InChI=1S/C18H27NO/c1-18(2)11-5-8-17(18)19-16-7-4-6-13-9-10-14(20-3)12-15(13)16/h9-10,12,16-17,19H,4-8,11H2,1-3H3. The number of rotatable bonds is 3. The van der Waals surface area contributed by atoms with E-state index in [0.717, 1.165) is 5.75 Å². The highest BCUT2D eigenvalue weighted by atomic mass is 16.5. The van der Waals surface area contributed by atoms with E-state index in [0.29, 0.717) is 17.5 Å². The van der Waals surface area contributed by atoms with Crippen LogP contribution in [0.5, 0.6) is 5.75 Å². The third-order valence-corrected chi connectivity index (χ3v) is 5.33. The van der Waals surface area contributed by atoms with E-state index in [4.69, 9.17) is 4.74 Å². The maximum absolute atomic E-state index is 5.41. The molecule has 20 heavy (non-hydrogen) atoms. The van der Waals surface area contributed by atoms with Gasteiger partial charge in [0.1, 0.15) is 5.75 Å². The number of benzene rings is 1. The molecule has 0 spiro atoms. The molecule has 1 saturated carbocycles. The third kappa shape index (κ3) is 2.58. The Labute approximate surface area is 122 Å². The minimum Gasteiger partial charge on any atom is -0.497 e. The molecule has 1 aromatic carbocycles. The fourth-order valence-electron chi connectivity index (χ4n) is 3.96. The lowest BCUT2D eigenvalue weighted by Crippen LogP contribution is -2.41. The molecule has 2 heteroatoms. The van der Waals surface area contributed by atoms with Gasteiger partial charge in [-0.05, 0) is 60.8 Å². The van der Waals surface area contributed by atoms with Gasteiger partial charge in [0.05, 0.1) is 7.11 Å². The summed E-state index contributed by atoms with van der Waals surface area (Å²) in [6.07, 6.45) is 7.80. The van der Waals surface area contributed by atoms with Gasteiger partial charge in [-0.25, -0.2) is 0 Å². The highest BCUT2D eigenvalue weighted by molar-refractivity contribution is 5.39. The maximum Gasteiger partial charge on any atom is 0.119 e. The molecule has 0 radical (unpaired) electrons. The second-order valence-corrected chi connectivity index (χ2v) is 7.11. The average molecular weight is 273 g/mol. The molecule has 3 rings (SSSR count). The smallest absolute Gasteiger partial charge is 0.119 e. The summed E-state index contributed by atoms with van der Waals surface area (Å²) in [5, 5.41) is 3.96. The second kappa shape index (κ2) is 5.40. The Morgan fingerprint density at radius 2 is 2.05 bits per heavy atom. The van der Waals surface area contributed by atoms with Crippen LogP contribution in [0.3, 0.4) is 0 Å². The first kappa shape index (κ1) is 13.9. The summed E-state index contributed by atoms with van der Waals surface area (Å²) in [6, 6.07) is 7.76. The fourth-order valence-corrected chi connectivity index (χ4v) is 3.96. The number of nitrogens with one attached hydrogen (secondary N) is 1. The predicted octanol–water partition coefficient (Wildman–Crippen LogP) is 4.24. The van der Waals surface area contributed by atoms with Crippen LogP contribution < -0.4 is 10.1 Å². The normalized spacial score (nSPS) is 28.1. The molecule has 0 amide bonds. The summed E-state index contributed by atoms with van der Waals surface area (Å²) in [6.45, 7) is 4.82. The Morgan fingerprint density at radius 3 is 2.75 bits per heavy atom. The van der Waals surface area contributed by atoms with Crippen molar-refractivity contribution in [3.05, 3.63) is 29.3 Å². The van der Waals surface area contributed by atoms with Crippen LogP contribution in [0.15, 0.2) is 18.2 Å². The van der Waals surface area contributed by atoms with Crippen LogP contribution in [0.25, 0.3) is 0 Å². The number of methoxy groups -OCH3 is 1. The zero-order valence-corrected chi connectivity index (χ0v) is 13.0. The first-order chi connectivity index (χ1) is 9.60. The summed E-state index contributed by atoms with van der Waals surface area (Å²) >= 11 is 0. The third-order valence-electron chi connectivity index (χ3n) is 5.33. The van der Waals surface area contributed by atoms with Gasteiger partial charge in [0.2, 0.25) is 0 Å². The van der Waals surface area contributed by atoms with Gasteiger partial charge < -0.3 is 10.1 Å². The summed E-state index contributed by atoms with van der Waals surface area (Å²) in [4.78, 5) is 0. The van der Waals surface area contributed by atoms with Crippen molar-refractivity contribution in [1.82, 2.24) is 5.32 Å². The zero-order valence-electron chi connectivity index (χ0n) is 13.0. The Hall–Kier alpha value is -1.02. The van der Waals surface area contributed by atoms with Crippen molar-refractivity contribution in [2.45, 2.75) is 64.5 Å². The quantitative estimate of drug-likeness (QED) is 0.889. The van der Waals surface area contributed by atoms with Crippen molar-refractivity contribution in [3.63, 3.8) is 0 Å². The summed E-state index contributed by atoms with van der Waals surface area (Å²) in [5.74, 6) is 0.989. The SMILES string of the molecule is COc1ccc2c(c1)C(NC1CCCC1(C)C)CCC2. The summed E-state index contributed by atoms with van der Waals surface area (Å²) < 4.78 is 5.41. The van der Waals surface area contributed by atoms with Gasteiger partial charge in [0, 0.05) is 12.1 Å². The molecular formula is C18H27NO. The van der Waals surface area contributed by atoms with E-state index in [1.807, 2.05) is 0 Å². The summed E-state index contributed by atoms with van der Waals surface area (Å²) in [5.41, 5.74) is 3.42. The van der Waals surface area contributed by atoms with Crippen LogP contribution in [0.1, 0.15) is 63.1 Å². The Morgan fingerprint density at radius 1 is 1.20 bits per heavy atom. The monoisotopic (exact) mass is 273 g/mol. The van der Waals surface area contributed by atoms with Gasteiger partial charge in [0.25, 0.3) is 0 Å². The van der Waals surface area contributed by atoms with E-state index in [9.17, 15) is 0 Å². The van der Waals surface area contributed by atoms with Crippen molar-refractivity contribution in [2.24, 2.45) is 5.41 Å². The Bertz CT molecular complexity index is 480. The highest BCUT2D eigenvalue weighted by Crippen LogP contribution is 2.40. The highest BCUT2D eigenvalue weighted by Gasteiger charge is 2.36. The van der Waals surface area contributed by atoms with E-state index in [-0.39, 0.29) is 0 Å². The lowest BCUT2D eigenvalue weighted by atomic mass is 9.83. The molecule has 0 heterocycles. The fraction of sp³-hybridized carbons (Fsp3) is 0.667. The van der Waals surface area contributed by atoms with E-state index >= 15 is 0 Å². The molecule has 2 nitrogen and oxygen atoms in total. The van der Waals surface area contributed by atoms with Gasteiger partial charge in [-0.3, -0.25) is 0 Å². The largest absolute Gasteiger partial charge is 0.497 e. The molecule has 1 fully saturated rings. The van der Waals surface area contributed by atoms with Crippen LogP contribution >= 0.6 is 0 Å². The predicted molar refractivity (Wildman–Crippen MR) is 83.2 cm³/mol. The maximum atomic E-state index is 5.41. The summed E-state index contributed by atoms with van der Waals surface area (Å²) in [7, 11) is 1.76. The number of fused-ring (bicyclic) bond motifs is 1. The molecular weight excluding hydrogens is 246 g/mol. The molecule has 0 saturated heterocycles. The van der Waals surface area contributed by atoms with Crippen molar-refractivity contribution < 1.29 is 4.74 Å². The van der Waals surface area contributed by atoms with Crippen molar-refractivity contribution >= 4 is 0 Å². The average Bonchev–Trinajstić information content (AvgIpc) is 2.78. The van der Waals surface area contributed by atoms with Crippen LogP contribution in [0, 0.1) is 5.41 Å². The van der Waals surface area contributed by atoms with E-state index in [1.165, 1.54) is 49.7 Å². The first-order valence-electron chi connectivity index (χ1n) is 8.03.